The van der Waals surface area contributed by atoms with Gasteiger partial charge >= 0.3 is 146 Å². The molecular formula is C18H25NO3Se. The van der Waals surface area contributed by atoms with E-state index in [0.717, 1.165) is 22.3 Å². The van der Waals surface area contributed by atoms with E-state index < -0.39 is 6.10 Å². The maximum atomic E-state index is 12.7. The fourth-order valence-corrected chi connectivity index (χ4v) is 3.94. The zero-order valence-electron chi connectivity index (χ0n) is 14.4. The molecule has 0 aliphatic carbocycles. The SMILES string of the molecule is Cc1cc(C)c([C@@H](O)CC(=O)N2C(=[Se])OC[C@@H]2C(C)C)c(C)c1. The van der Waals surface area contributed by atoms with E-state index in [9.17, 15) is 9.90 Å². The molecule has 2 rings (SSSR count). The summed E-state index contributed by atoms with van der Waals surface area (Å²) in [5.41, 5.74) is 4.06. The molecule has 126 valence electrons. The molecule has 1 fully saturated rings. The third-order valence-electron chi connectivity index (χ3n) is 4.38. The van der Waals surface area contributed by atoms with Gasteiger partial charge in [0, 0.05) is 0 Å². The van der Waals surface area contributed by atoms with Crippen LogP contribution >= 0.6 is 0 Å². The Bertz CT molecular complexity index is 604. The average Bonchev–Trinajstić information content (AvgIpc) is 2.79. The summed E-state index contributed by atoms with van der Waals surface area (Å²) in [6.45, 7) is 10.6. The maximum absolute atomic E-state index is 12.7. The van der Waals surface area contributed by atoms with Crippen LogP contribution in [0.2, 0.25) is 0 Å². The Labute approximate surface area is 146 Å². The summed E-state index contributed by atoms with van der Waals surface area (Å²) in [6.07, 6.45) is -0.744. The van der Waals surface area contributed by atoms with Gasteiger partial charge in [0.05, 0.1) is 0 Å². The molecule has 5 heteroatoms. The predicted octanol–water partition coefficient (Wildman–Crippen LogP) is 2.17. The molecular weight excluding hydrogens is 357 g/mol. The van der Waals surface area contributed by atoms with E-state index in [-0.39, 0.29) is 18.4 Å². The van der Waals surface area contributed by atoms with Crippen molar-refractivity contribution in [3.63, 3.8) is 0 Å². The molecule has 0 spiro atoms. The molecule has 1 aliphatic rings. The predicted molar refractivity (Wildman–Crippen MR) is 92.4 cm³/mol. The number of aliphatic hydroxyl groups excluding tert-OH is 1. The minimum absolute atomic E-state index is 0.0196. The van der Waals surface area contributed by atoms with Gasteiger partial charge in [-0.3, -0.25) is 0 Å². The first-order valence-electron chi connectivity index (χ1n) is 7.97. The number of hydrogen-bond donors (Lipinski definition) is 1. The molecule has 0 bridgehead atoms. The minimum atomic E-state index is -0.802. The number of aliphatic hydroxyl groups is 1. The Hall–Kier alpha value is -1.16. The second-order valence-electron chi connectivity index (χ2n) is 6.68. The fourth-order valence-electron chi connectivity index (χ4n) is 3.30. The first-order chi connectivity index (χ1) is 10.7. The Morgan fingerprint density at radius 2 is 1.91 bits per heavy atom. The second-order valence-corrected chi connectivity index (χ2v) is 7.42. The normalized spacial score (nSPS) is 19.2. The molecule has 0 radical (unpaired) electrons. The molecule has 1 heterocycles. The van der Waals surface area contributed by atoms with Crippen molar-refractivity contribution in [2.75, 3.05) is 6.61 Å². The van der Waals surface area contributed by atoms with Crippen LogP contribution in [0.5, 0.6) is 0 Å². The monoisotopic (exact) mass is 383 g/mol. The Balaban J connectivity index is 2.18. The first-order valence-corrected chi connectivity index (χ1v) is 8.82. The number of benzene rings is 1. The molecule has 0 saturated carbocycles. The topological polar surface area (TPSA) is 49.8 Å². The van der Waals surface area contributed by atoms with Gasteiger partial charge in [-0.2, -0.15) is 0 Å². The van der Waals surface area contributed by atoms with E-state index in [0.29, 0.717) is 17.3 Å². The van der Waals surface area contributed by atoms with E-state index in [2.05, 4.69) is 29.4 Å². The number of rotatable bonds is 4. The molecule has 1 aromatic carbocycles. The van der Waals surface area contributed by atoms with Gasteiger partial charge in [-0.1, -0.05) is 0 Å². The molecule has 1 amide bonds. The van der Waals surface area contributed by atoms with Crippen molar-refractivity contribution in [3.8, 4) is 0 Å². The molecule has 2 atom stereocenters. The van der Waals surface area contributed by atoms with E-state index in [1.807, 2.05) is 32.9 Å². The van der Waals surface area contributed by atoms with Gasteiger partial charge in [0.25, 0.3) is 0 Å². The number of amides is 1. The van der Waals surface area contributed by atoms with Crippen LogP contribution in [-0.4, -0.2) is 48.9 Å². The van der Waals surface area contributed by atoms with E-state index in [4.69, 9.17) is 4.74 Å². The number of aryl methyl sites for hydroxylation is 3. The van der Waals surface area contributed by atoms with Crippen LogP contribution in [0.15, 0.2) is 12.1 Å². The zero-order chi connectivity index (χ0) is 17.3. The van der Waals surface area contributed by atoms with E-state index >= 15 is 0 Å². The summed E-state index contributed by atoms with van der Waals surface area (Å²) in [5.74, 6) is 0.187. The number of hydrogen-bond acceptors (Lipinski definition) is 3. The summed E-state index contributed by atoms with van der Waals surface area (Å²) in [7, 11) is 0. The van der Waals surface area contributed by atoms with Gasteiger partial charge in [0.2, 0.25) is 0 Å². The number of ether oxygens (including phenoxy) is 1. The van der Waals surface area contributed by atoms with Crippen molar-refractivity contribution in [2.24, 2.45) is 5.92 Å². The Morgan fingerprint density at radius 3 is 2.43 bits per heavy atom. The van der Waals surface area contributed by atoms with Gasteiger partial charge in [-0.15, -0.1) is 0 Å². The molecule has 4 nitrogen and oxygen atoms in total. The third-order valence-corrected chi connectivity index (χ3v) is 5.04. The first kappa shape index (κ1) is 18.2. The van der Waals surface area contributed by atoms with Crippen LogP contribution in [-0.2, 0) is 9.53 Å². The van der Waals surface area contributed by atoms with E-state index in [1.165, 1.54) is 0 Å². The van der Waals surface area contributed by atoms with Crippen molar-refractivity contribution in [3.05, 3.63) is 34.4 Å². The van der Waals surface area contributed by atoms with Gasteiger partial charge in [-0.05, 0) is 0 Å². The zero-order valence-corrected chi connectivity index (χ0v) is 16.1. The standard InChI is InChI=1S/C18H25NO3Se/c1-10(2)14-9-22-18(23)19(14)16(21)8-15(20)17-12(4)6-11(3)7-13(17)5/h6-7,10,14-15,20H,8-9H2,1-5H3/t14-,15+/m1/s1. The van der Waals surface area contributed by atoms with Gasteiger partial charge < -0.3 is 0 Å². The summed E-state index contributed by atoms with van der Waals surface area (Å²) in [5, 5.41) is 10.6. The molecule has 0 unspecified atom stereocenters. The van der Waals surface area contributed by atoms with Crippen molar-refractivity contribution >= 4 is 26.2 Å². The summed E-state index contributed by atoms with van der Waals surface area (Å²) in [4.78, 5) is 14.3. The van der Waals surface area contributed by atoms with Crippen LogP contribution < -0.4 is 0 Å². The number of carbonyl (C=O) groups excluding carboxylic acids is 1. The van der Waals surface area contributed by atoms with E-state index in [1.54, 1.807) is 4.90 Å². The van der Waals surface area contributed by atoms with Gasteiger partial charge in [0.1, 0.15) is 0 Å². The molecule has 1 aromatic rings. The number of carbonyl (C=O) groups is 1. The summed E-state index contributed by atoms with van der Waals surface area (Å²) < 4.78 is 6.01. The van der Waals surface area contributed by atoms with Crippen LogP contribution in [0.4, 0.5) is 0 Å². The Morgan fingerprint density at radius 1 is 1.35 bits per heavy atom. The van der Waals surface area contributed by atoms with Crippen LogP contribution in [0.3, 0.4) is 0 Å². The molecule has 0 aromatic heterocycles. The van der Waals surface area contributed by atoms with Crippen molar-refractivity contribution in [1.29, 1.82) is 0 Å². The average molecular weight is 382 g/mol. The summed E-state index contributed by atoms with van der Waals surface area (Å²) in [6, 6.07) is 4.10. The second kappa shape index (κ2) is 7.16. The van der Waals surface area contributed by atoms with Crippen LogP contribution in [0.1, 0.15) is 48.6 Å². The summed E-state index contributed by atoms with van der Waals surface area (Å²) >= 11 is 2.82. The fraction of sp³-hybridized carbons (Fsp3) is 0.556. The van der Waals surface area contributed by atoms with Crippen LogP contribution in [0.25, 0.3) is 0 Å². The van der Waals surface area contributed by atoms with Gasteiger partial charge in [0.15, 0.2) is 0 Å². The quantitative estimate of drug-likeness (QED) is 0.813. The molecule has 1 saturated heterocycles. The number of nitrogens with zero attached hydrogens (tertiary/aromatic N) is 1. The van der Waals surface area contributed by atoms with Crippen molar-refractivity contribution in [2.45, 2.75) is 53.2 Å². The van der Waals surface area contributed by atoms with Crippen molar-refractivity contribution in [1.82, 2.24) is 4.90 Å². The molecule has 23 heavy (non-hydrogen) atoms. The van der Waals surface area contributed by atoms with Crippen LogP contribution in [0, 0.1) is 26.7 Å². The van der Waals surface area contributed by atoms with Crippen molar-refractivity contribution < 1.29 is 14.6 Å². The van der Waals surface area contributed by atoms with Gasteiger partial charge in [-0.25, -0.2) is 0 Å². The molecule has 1 N–H and O–H groups in total. The Kier molecular flexibility index (Phi) is 5.66. The molecule has 1 aliphatic heterocycles. The third kappa shape index (κ3) is 3.85.